The number of benzene rings is 2. The van der Waals surface area contributed by atoms with Crippen molar-refractivity contribution in [3.8, 4) is 17.2 Å². The van der Waals surface area contributed by atoms with E-state index in [1.165, 1.54) is 4.57 Å². The van der Waals surface area contributed by atoms with Crippen LogP contribution < -0.4 is 16.4 Å². The van der Waals surface area contributed by atoms with E-state index in [4.69, 9.17) is 4.42 Å². The largest absolute Gasteiger partial charge is 0.419 e. The van der Waals surface area contributed by atoms with Gasteiger partial charge in [-0.3, -0.25) is 9.36 Å². The number of carbonyl (C=O) groups excluding carboxylic acids is 1. The number of nitrogens with one attached hydrogen (secondary N) is 2. The van der Waals surface area contributed by atoms with Gasteiger partial charge >= 0.3 is 5.76 Å². The molecule has 4 rings (SSSR count). The normalized spacial score (nSPS) is 17.8. The van der Waals surface area contributed by atoms with Crippen LogP contribution in [0.25, 0.3) is 22.2 Å². The minimum Gasteiger partial charge on any atom is -0.408 e. The summed E-state index contributed by atoms with van der Waals surface area (Å²) in [7, 11) is 1.68. The highest BCUT2D eigenvalue weighted by Gasteiger charge is 2.22. The summed E-state index contributed by atoms with van der Waals surface area (Å²) in [6.45, 7) is 1.62. The van der Waals surface area contributed by atoms with Crippen LogP contribution in [0.15, 0.2) is 51.7 Å². The van der Waals surface area contributed by atoms with Crippen LogP contribution in [0.4, 0.5) is 0 Å². The average molecular weight is 433 g/mol. The van der Waals surface area contributed by atoms with E-state index >= 15 is 0 Å². The summed E-state index contributed by atoms with van der Waals surface area (Å²) in [6.07, 6.45) is 4.65. The van der Waals surface area contributed by atoms with Crippen molar-refractivity contribution in [3.05, 3.63) is 58.6 Å². The highest BCUT2D eigenvalue weighted by Crippen LogP contribution is 2.24. The van der Waals surface area contributed by atoms with Crippen molar-refractivity contribution in [2.75, 3.05) is 13.1 Å². The summed E-state index contributed by atoms with van der Waals surface area (Å²) in [4.78, 5) is 24.4. The molecular formula is C25H28N4O3. The molecule has 1 fully saturated rings. The maximum Gasteiger partial charge on any atom is 0.419 e. The Morgan fingerprint density at radius 1 is 1.22 bits per heavy atom. The third-order valence-electron chi connectivity index (χ3n) is 6.16. The van der Waals surface area contributed by atoms with Gasteiger partial charge in [0.2, 0.25) is 5.91 Å². The second-order valence-electron chi connectivity index (χ2n) is 8.45. The van der Waals surface area contributed by atoms with E-state index < -0.39 is 6.04 Å². The van der Waals surface area contributed by atoms with Gasteiger partial charge in [-0.15, -0.1) is 0 Å². The van der Waals surface area contributed by atoms with Crippen molar-refractivity contribution in [1.29, 1.82) is 5.26 Å². The lowest BCUT2D eigenvalue weighted by atomic mass is 9.97. The maximum absolute atomic E-state index is 12.7. The first-order chi connectivity index (χ1) is 15.5. The zero-order valence-electron chi connectivity index (χ0n) is 18.3. The molecule has 0 aliphatic carbocycles. The van der Waals surface area contributed by atoms with Crippen LogP contribution in [0.1, 0.15) is 31.2 Å². The number of nitrogens with zero attached hydrogens (tertiary/aromatic N) is 2. The van der Waals surface area contributed by atoms with Gasteiger partial charge in [-0.2, -0.15) is 5.26 Å². The van der Waals surface area contributed by atoms with Gasteiger partial charge < -0.3 is 15.1 Å². The molecule has 32 heavy (non-hydrogen) atoms. The summed E-state index contributed by atoms with van der Waals surface area (Å²) in [6, 6.07) is 15.2. The summed E-state index contributed by atoms with van der Waals surface area (Å²) in [5, 5.41) is 15.8. The Balaban J connectivity index is 1.42. The van der Waals surface area contributed by atoms with Crippen molar-refractivity contribution in [1.82, 2.24) is 15.2 Å². The van der Waals surface area contributed by atoms with Crippen molar-refractivity contribution >= 4 is 17.0 Å². The second kappa shape index (κ2) is 9.84. The molecule has 1 aliphatic heterocycles. The molecule has 0 bridgehead atoms. The van der Waals surface area contributed by atoms with E-state index in [1.807, 2.05) is 36.4 Å². The lowest BCUT2D eigenvalue weighted by molar-refractivity contribution is -0.125. The molecule has 0 saturated carbocycles. The summed E-state index contributed by atoms with van der Waals surface area (Å²) in [5.74, 6) is -0.504. The Kier molecular flexibility index (Phi) is 6.72. The first-order valence-corrected chi connectivity index (χ1v) is 11.1. The molecule has 0 radical (unpaired) electrons. The molecule has 1 saturated heterocycles. The van der Waals surface area contributed by atoms with E-state index in [0.717, 1.165) is 54.4 Å². The topological polar surface area (TPSA) is 100 Å². The van der Waals surface area contributed by atoms with Crippen molar-refractivity contribution in [2.45, 2.75) is 38.1 Å². The number of aromatic nitrogens is 1. The molecule has 2 heterocycles. The van der Waals surface area contributed by atoms with Gasteiger partial charge in [0.15, 0.2) is 5.58 Å². The molecule has 1 unspecified atom stereocenters. The molecular weight excluding hydrogens is 404 g/mol. The second-order valence-corrected chi connectivity index (χ2v) is 8.45. The van der Waals surface area contributed by atoms with E-state index in [1.54, 1.807) is 13.1 Å². The van der Waals surface area contributed by atoms with E-state index in [-0.39, 0.29) is 17.6 Å². The van der Waals surface area contributed by atoms with E-state index in [0.29, 0.717) is 18.5 Å². The van der Waals surface area contributed by atoms with Gasteiger partial charge in [0.05, 0.1) is 17.5 Å². The fourth-order valence-electron chi connectivity index (χ4n) is 4.21. The number of rotatable bonds is 5. The van der Waals surface area contributed by atoms with Crippen LogP contribution >= 0.6 is 0 Å². The van der Waals surface area contributed by atoms with Crippen molar-refractivity contribution in [2.24, 2.45) is 13.0 Å². The number of nitriles is 1. The Hall–Kier alpha value is -3.37. The molecule has 1 aromatic heterocycles. The van der Waals surface area contributed by atoms with Crippen LogP contribution in [0.3, 0.4) is 0 Å². The molecule has 2 aromatic carbocycles. The van der Waals surface area contributed by atoms with E-state index in [9.17, 15) is 14.9 Å². The Bertz CT molecular complexity index is 1180. The quantitative estimate of drug-likeness (QED) is 0.645. The molecule has 3 aromatic rings. The van der Waals surface area contributed by atoms with E-state index in [2.05, 4.69) is 16.7 Å². The molecule has 7 nitrogen and oxygen atoms in total. The van der Waals surface area contributed by atoms with Crippen LogP contribution in [0.5, 0.6) is 0 Å². The van der Waals surface area contributed by atoms with Crippen LogP contribution in [-0.4, -0.2) is 29.6 Å². The number of aryl methyl sites for hydroxylation is 1. The van der Waals surface area contributed by atoms with Gasteiger partial charge in [0, 0.05) is 20.0 Å². The number of oxazole rings is 1. The molecule has 2 atom stereocenters. The number of hydrogen-bond acceptors (Lipinski definition) is 5. The number of fused-ring (bicyclic) bond motifs is 1. The highest BCUT2D eigenvalue weighted by atomic mass is 16.4. The number of amides is 1. The fourth-order valence-corrected chi connectivity index (χ4v) is 4.21. The minimum atomic E-state index is -0.560. The smallest absolute Gasteiger partial charge is 0.408 e. The predicted molar refractivity (Wildman–Crippen MR) is 123 cm³/mol. The lowest BCUT2D eigenvalue weighted by Crippen LogP contribution is -2.43. The molecule has 1 aliphatic rings. The molecule has 7 heteroatoms. The summed E-state index contributed by atoms with van der Waals surface area (Å²) >= 11 is 0. The molecule has 0 spiro atoms. The van der Waals surface area contributed by atoms with Crippen molar-refractivity contribution in [3.63, 3.8) is 0 Å². The van der Waals surface area contributed by atoms with Gasteiger partial charge in [-0.1, -0.05) is 43.2 Å². The van der Waals surface area contributed by atoms with Gasteiger partial charge in [-0.05, 0) is 48.2 Å². The first kappa shape index (κ1) is 21.8. The third kappa shape index (κ3) is 4.92. The van der Waals surface area contributed by atoms with Gasteiger partial charge in [0.1, 0.15) is 6.04 Å². The molecule has 166 valence electrons. The standard InChI is InChI=1S/C25H28N4O3/c1-29-22-14-19(10-11-23(22)32-25(29)31)18-8-6-17(7-9-18)13-21(15-26)28-24(30)20-5-3-2-4-12-27-16-20/h6-11,14,20-21,27H,2-5,12-13,16H2,1H3,(H,28,30)/t20?,21-/m0/s1. The minimum absolute atomic E-state index is 0.0402. The zero-order chi connectivity index (χ0) is 22.5. The Morgan fingerprint density at radius 2 is 2.00 bits per heavy atom. The maximum atomic E-state index is 12.7. The number of carbonyl (C=O) groups is 1. The van der Waals surface area contributed by atoms with Crippen LogP contribution in [-0.2, 0) is 18.3 Å². The van der Waals surface area contributed by atoms with Gasteiger partial charge in [-0.25, -0.2) is 4.79 Å². The average Bonchev–Trinajstić information content (AvgIpc) is 3.06. The predicted octanol–water partition coefficient (Wildman–Crippen LogP) is 3.13. The van der Waals surface area contributed by atoms with Crippen LogP contribution in [0.2, 0.25) is 0 Å². The summed E-state index contributed by atoms with van der Waals surface area (Å²) < 4.78 is 6.68. The monoisotopic (exact) mass is 432 g/mol. The Morgan fingerprint density at radius 3 is 2.78 bits per heavy atom. The van der Waals surface area contributed by atoms with Crippen molar-refractivity contribution < 1.29 is 9.21 Å². The summed E-state index contributed by atoms with van der Waals surface area (Å²) in [5.41, 5.74) is 4.26. The van der Waals surface area contributed by atoms with Crippen LogP contribution in [0, 0.1) is 17.2 Å². The molecule has 1 amide bonds. The third-order valence-corrected chi connectivity index (χ3v) is 6.16. The van der Waals surface area contributed by atoms with Gasteiger partial charge in [0.25, 0.3) is 0 Å². The number of hydrogen-bond donors (Lipinski definition) is 2. The lowest BCUT2D eigenvalue weighted by Gasteiger charge is -2.21. The SMILES string of the molecule is Cn1c(=O)oc2ccc(-c3ccc(C[C@@H](C#N)NC(=O)C4CCCCCNC4)cc3)cc21. The Labute approximate surface area is 187 Å². The fraction of sp³-hybridized carbons (Fsp3) is 0.400. The molecule has 2 N–H and O–H groups in total. The zero-order valence-corrected chi connectivity index (χ0v) is 18.3. The first-order valence-electron chi connectivity index (χ1n) is 11.1. The highest BCUT2D eigenvalue weighted by molar-refractivity contribution is 5.81.